The molecule has 0 aromatic carbocycles. The lowest BCUT2D eigenvalue weighted by Crippen LogP contribution is -2.29. The predicted octanol–water partition coefficient (Wildman–Crippen LogP) is 3.55. The maximum atomic E-state index is 11.9. The molecule has 0 saturated carbocycles. The smallest absolute Gasteiger partial charge is 0.334 e. The summed E-state index contributed by atoms with van der Waals surface area (Å²) in [7, 11) is 0. The van der Waals surface area contributed by atoms with E-state index in [1.807, 2.05) is 19.9 Å². The summed E-state index contributed by atoms with van der Waals surface area (Å²) in [6.45, 7) is 7.94. The molecule has 0 spiro atoms. The summed E-state index contributed by atoms with van der Waals surface area (Å²) in [5, 5.41) is 9.53. The Labute approximate surface area is 148 Å². The maximum absolute atomic E-state index is 11.9. The van der Waals surface area contributed by atoms with Gasteiger partial charge in [0.2, 0.25) is 0 Å². The van der Waals surface area contributed by atoms with Crippen LogP contribution in [0.15, 0.2) is 35.5 Å². The van der Waals surface area contributed by atoms with E-state index in [0.717, 1.165) is 31.3 Å². The van der Waals surface area contributed by atoms with E-state index in [-0.39, 0.29) is 29.7 Å². The third-order valence-electron chi connectivity index (χ3n) is 5.64. The second-order valence-corrected chi connectivity index (χ2v) is 7.65. The number of hydrogen-bond acceptors (Lipinski definition) is 4. The molecule has 3 rings (SSSR count). The zero-order valence-corrected chi connectivity index (χ0v) is 14.9. The Morgan fingerprint density at radius 3 is 2.80 bits per heavy atom. The molecule has 0 radical (unpaired) electrons. The van der Waals surface area contributed by atoms with Crippen molar-refractivity contribution in [3.63, 3.8) is 0 Å². The fraction of sp³-hybridized carbons (Fsp3) is 0.600. The van der Waals surface area contributed by atoms with E-state index in [0.29, 0.717) is 24.0 Å². The van der Waals surface area contributed by atoms with Gasteiger partial charge in [-0.25, -0.2) is 9.59 Å². The van der Waals surface area contributed by atoms with Crippen LogP contribution in [-0.2, 0) is 19.1 Å². The lowest BCUT2D eigenvalue weighted by atomic mass is 9.85. The number of hydrogen-bond donors (Lipinski definition) is 1. The first-order valence-electron chi connectivity index (χ1n) is 8.97. The largest absolute Gasteiger partial charge is 0.478 e. The first-order chi connectivity index (χ1) is 11.8. The Hall–Kier alpha value is -1.88. The van der Waals surface area contributed by atoms with Crippen LogP contribution in [-0.4, -0.2) is 34.9 Å². The number of ether oxygens (including phenoxy) is 2. The number of fused-ring (bicyclic) bond motifs is 3. The van der Waals surface area contributed by atoms with Gasteiger partial charge in [-0.1, -0.05) is 18.2 Å². The molecule has 2 saturated heterocycles. The molecule has 3 aliphatic heterocycles. The van der Waals surface area contributed by atoms with Crippen LogP contribution in [0, 0.1) is 5.92 Å². The molecule has 0 unspecified atom stereocenters. The van der Waals surface area contributed by atoms with Crippen molar-refractivity contribution in [2.75, 3.05) is 0 Å². The summed E-state index contributed by atoms with van der Waals surface area (Å²) < 4.78 is 11.6. The summed E-state index contributed by atoms with van der Waals surface area (Å²) >= 11 is 0. The van der Waals surface area contributed by atoms with Gasteiger partial charge < -0.3 is 14.6 Å². The Morgan fingerprint density at radius 1 is 1.36 bits per heavy atom. The Bertz CT molecular complexity index is 659. The standard InChI is InChI=1S/C20H26O5/c1-12-5-4-6-15(18(21)22)16-8-10-20(3,25-16)9-7-14-13(2)19(23)24-17(14)11-12/h6,11,14,16-17H,2,4-5,7-10H2,1,3H3,(H,21,22)/b12-11+,15-6-/t14-,16-,17+,20+/m1/s1. The van der Waals surface area contributed by atoms with Crippen LogP contribution in [0.2, 0.25) is 0 Å². The average molecular weight is 346 g/mol. The number of allylic oxidation sites excluding steroid dienone is 2. The number of carbonyl (C=O) groups excluding carboxylic acids is 1. The molecule has 0 aromatic rings. The number of carbonyl (C=O) groups is 2. The lowest BCUT2D eigenvalue weighted by molar-refractivity contribution is -0.137. The highest BCUT2D eigenvalue weighted by Crippen LogP contribution is 2.41. The van der Waals surface area contributed by atoms with E-state index < -0.39 is 5.97 Å². The highest BCUT2D eigenvalue weighted by Gasteiger charge is 2.42. The van der Waals surface area contributed by atoms with Crippen molar-refractivity contribution in [3.05, 3.63) is 35.5 Å². The van der Waals surface area contributed by atoms with Crippen LogP contribution in [0.25, 0.3) is 0 Å². The monoisotopic (exact) mass is 346 g/mol. The minimum atomic E-state index is -0.898. The normalized spacial score (nSPS) is 40.5. The maximum Gasteiger partial charge on any atom is 0.334 e. The first kappa shape index (κ1) is 17.9. The number of esters is 1. The molecule has 3 aliphatic rings. The fourth-order valence-corrected chi connectivity index (χ4v) is 4.06. The minimum absolute atomic E-state index is 0.0328. The summed E-state index contributed by atoms with van der Waals surface area (Å²) in [5.41, 5.74) is 1.62. The molecule has 5 heteroatoms. The minimum Gasteiger partial charge on any atom is -0.478 e. The van der Waals surface area contributed by atoms with Crippen molar-refractivity contribution < 1.29 is 24.2 Å². The molecule has 2 fully saturated rings. The third-order valence-corrected chi connectivity index (χ3v) is 5.64. The summed E-state index contributed by atoms with van der Waals surface area (Å²) in [6.07, 6.45) is 7.54. The van der Waals surface area contributed by atoms with Crippen LogP contribution in [0.5, 0.6) is 0 Å². The molecule has 0 aromatic heterocycles. The highest BCUT2D eigenvalue weighted by atomic mass is 16.6. The van der Waals surface area contributed by atoms with Gasteiger partial charge >= 0.3 is 11.9 Å². The van der Waals surface area contributed by atoms with Crippen molar-refractivity contribution in [3.8, 4) is 0 Å². The van der Waals surface area contributed by atoms with E-state index >= 15 is 0 Å². The summed E-state index contributed by atoms with van der Waals surface area (Å²) in [6, 6.07) is 0. The van der Waals surface area contributed by atoms with Crippen molar-refractivity contribution in [2.45, 2.75) is 70.2 Å². The van der Waals surface area contributed by atoms with Gasteiger partial charge in [-0.3, -0.25) is 0 Å². The topological polar surface area (TPSA) is 72.8 Å². The van der Waals surface area contributed by atoms with Crippen LogP contribution in [0.3, 0.4) is 0 Å². The molecular weight excluding hydrogens is 320 g/mol. The van der Waals surface area contributed by atoms with Crippen molar-refractivity contribution in [2.24, 2.45) is 5.92 Å². The molecule has 4 atom stereocenters. The molecule has 0 aliphatic carbocycles. The van der Waals surface area contributed by atoms with Gasteiger partial charge in [-0.2, -0.15) is 0 Å². The highest BCUT2D eigenvalue weighted by molar-refractivity contribution is 5.91. The molecule has 136 valence electrons. The Balaban J connectivity index is 1.89. The van der Waals surface area contributed by atoms with E-state index in [1.54, 1.807) is 6.08 Å². The second kappa shape index (κ2) is 6.79. The van der Waals surface area contributed by atoms with E-state index in [9.17, 15) is 14.7 Å². The summed E-state index contributed by atoms with van der Waals surface area (Å²) in [5.74, 6) is -1.24. The molecule has 3 heterocycles. The molecule has 1 N–H and O–H groups in total. The molecule has 25 heavy (non-hydrogen) atoms. The summed E-state index contributed by atoms with van der Waals surface area (Å²) in [4.78, 5) is 23.6. The quantitative estimate of drug-likeness (QED) is 0.446. The van der Waals surface area contributed by atoms with Crippen molar-refractivity contribution in [1.82, 2.24) is 0 Å². The van der Waals surface area contributed by atoms with Crippen molar-refractivity contribution in [1.29, 1.82) is 0 Å². The number of rotatable bonds is 1. The van der Waals surface area contributed by atoms with Gasteiger partial charge in [0, 0.05) is 11.5 Å². The number of carboxylic acid groups (broad SMARTS) is 1. The van der Waals surface area contributed by atoms with Gasteiger partial charge in [0.25, 0.3) is 0 Å². The lowest BCUT2D eigenvalue weighted by Gasteiger charge is -2.27. The van der Waals surface area contributed by atoms with Gasteiger partial charge in [0.1, 0.15) is 6.10 Å². The zero-order chi connectivity index (χ0) is 18.2. The van der Waals surface area contributed by atoms with Crippen LogP contribution < -0.4 is 0 Å². The van der Waals surface area contributed by atoms with Crippen LogP contribution in [0.4, 0.5) is 0 Å². The second-order valence-electron chi connectivity index (χ2n) is 7.65. The van der Waals surface area contributed by atoms with Gasteiger partial charge in [-0.15, -0.1) is 0 Å². The van der Waals surface area contributed by atoms with Crippen LogP contribution >= 0.6 is 0 Å². The Kier molecular flexibility index (Phi) is 4.87. The average Bonchev–Trinajstić information content (AvgIpc) is 3.03. The van der Waals surface area contributed by atoms with Crippen LogP contribution in [0.1, 0.15) is 52.4 Å². The van der Waals surface area contributed by atoms with Gasteiger partial charge in [0.15, 0.2) is 0 Å². The SMILES string of the molecule is C=C1C(=O)O[C@H]2/C=C(\C)CC/C=C(\C(=O)O)[C@H]3CC[C@](C)(CC[C@H]12)O3. The van der Waals surface area contributed by atoms with E-state index in [4.69, 9.17) is 9.47 Å². The molecule has 5 nitrogen and oxygen atoms in total. The van der Waals surface area contributed by atoms with Gasteiger partial charge in [0.05, 0.1) is 17.3 Å². The number of carboxylic acids is 1. The number of aliphatic carboxylic acids is 1. The van der Waals surface area contributed by atoms with E-state index in [2.05, 4.69) is 6.58 Å². The molecule has 2 bridgehead atoms. The van der Waals surface area contributed by atoms with Gasteiger partial charge in [-0.05, 0) is 58.4 Å². The zero-order valence-electron chi connectivity index (χ0n) is 14.9. The third kappa shape index (κ3) is 3.71. The molecule has 0 amide bonds. The van der Waals surface area contributed by atoms with Crippen molar-refractivity contribution >= 4 is 11.9 Å². The van der Waals surface area contributed by atoms with E-state index in [1.165, 1.54) is 0 Å². The predicted molar refractivity (Wildman–Crippen MR) is 93.0 cm³/mol. The molecular formula is C20H26O5. The Morgan fingerprint density at radius 2 is 2.08 bits per heavy atom. The first-order valence-corrected chi connectivity index (χ1v) is 8.97. The fourth-order valence-electron chi connectivity index (χ4n) is 4.06.